The summed E-state index contributed by atoms with van der Waals surface area (Å²) >= 11 is 0. The van der Waals surface area contributed by atoms with Crippen molar-refractivity contribution in [3.8, 4) is 0 Å². The highest BCUT2D eigenvalue weighted by molar-refractivity contribution is 5.86. The standard InChI is InChI=1S/C6H8N2O2/c7-6(10)5-4(3-9)1-2-8-5/h5,8H,1-2H2,(H2,7,10)/t5-/m1/s1. The van der Waals surface area contributed by atoms with E-state index in [0.717, 1.165) is 0 Å². The van der Waals surface area contributed by atoms with Crippen LogP contribution < -0.4 is 11.1 Å². The Kier molecular flexibility index (Phi) is 1.85. The summed E-state index contributed by atoms with van der Waals surface area (Å²) in [5.41, 5.74) is 5.40. The SMILES string of the molecule is NC(=O)[C@@H]1NCCC1=C=O. The van der Waals surface area contributed by atoms with Gasteiger partial charge in [0.15, 0.2) is 0 Å². The maximum Gasteiger partial charge on any atom is 0.239 e. The molecule has 1 aliphatic heterocycles. The van der Waals surface area contributed by atoms with Gasteiger partial charge in [0, 0.05) is 12.1 Å². The average Bonchev–Trinajstić information content (AvgIpc) is 2.33. The Morgan fingerprint density at radius 3 is 2.90 bits per heavy atom. The quantitative estimate of drug-likeness (QED) is 0.439. The normalized spacial score (nSPS) is 24.4. The van der Waals surface area contributed by atoms with Gasteiger partial charge in [-0.1, -0.05) is 0 Å². The lowest BCUT2D eigenvalue weighted by atomic mass is 10.1. The first kappa shape index (κ1) is 6.99. The van der Waals surface area contributed by atoms with Crippen molar-refractivity contribution in [2.45, 2.75) is 12.5 Å². The molecule has 1 saturated heterocycles. The van der Waals surface area contributed by atoms with Crippen molar-refractivity contribution in [3.63, 3.8) is 0 Å². The summed E-state index contributed by atoms with van der Waals surface area (Å²) in [5.74, 6) is 1.19. The Bertz CT molecular complexity index is 206. The van der Waals surface area contributed by atoms with Crippen LogP contribution in [0.5, 0.6) is 0 Å². The zero-order valence-electron chi connectivity index (χ0n) is 5.39. The number of hydrogen-bond acceptors (Lipinski definition) is 3. The number of primary amides is 1. The number of nitrogens with one attached hydrogen (secondary N) is 1. The fourth-order valence-corrected chi connectivity index (χ4v) is 1.00. The number of carbonyl (C=O) groups is 1. The van der Waals surface area contributed by atoms with Crippen molar-refractivity contribution in [2.24, 2.45) is 5.73 Å². The van der Waals surface area contributed by atoms with Crippen LogP contribution in [0.4, 0.5) is 0 Å². The molecule has 3 N–H and O–H groups in total. The molecule has 4 heteroatoms. The molecule has 1 heterocycles. The van der Waals surface area contributed by atoms with E-state index in [-0.39, 0.29) is 0 Å². The molecule has 0 radical (unpaired) electrons. The van der Waals surface area contributed by atoms with Crippen LogP contribution in [0.25, 0.3) is 0 Å². The van der Waals surface area contributed by atoms with Crippen LogP contribution in [-0.4, -0.2) is 24.4 Å². The summed E-state index contributed by atoms with van der Waals surface area (Å²) in [6.07, 6.45) is 0.580. The Morgan fingerprint density at radius 1 is 1.80 bits per heavy atom. The van der Waals surface area contributed by atoms with E-state index in [4.69, 9.17) is 5.73 Å². The molecule has 0 unspecified atom stereocenters. The lowest BCUT2D eigenvalue weighted by molar-refractivity contribution is -0.118. The molecule has 1 atom stereocenters. The maximum absolute atomic E-state index is 10.5. The number of amides is 1. The molecule has 0 spiro atoms. The average molecular weight is 140 g/mol. The predicted octanol–water partition coefficient (Wildman–Crippen LogP) is -1.41. The summed E-state index contributed by atoms with van der Waals surface area (Å²) in [6.45, 7) is 0.637. The van der Waals surface area contributed by atoms with Crippen LogP contribution >= 0.6 is 0 Å². The molecule has 0 aromatic carbocycles. The van der Waals surface area contributed by atoms with E-state index in [1.54, 1.807) is 5.94 Å². The molecule has 0 bridgehead atoms. The summed E-state index contributed by atoms with van der Waals surface area (Å²) in [5, 5.41) is 2.78. The summed E-state index contributed by atoms with van der Waals surface area (Å²) in [6, 6.07) is -0.572. The number of nitrogens with two attached hydrogens (primary N) is 1. The molecule has 1 amide bonds. The largest absolute Gasteiger partial charge is 0.368 e. The van der Waals surface area contributed by atoms with Gasteiger partial charge < -0.3 is 11.1 Å². The minimum atomic E-state index is -0.572. The second kappa shape index (κ2) is 2.64. The van der Waals surface area contributed by atoms with Crippen LogP contribution in [0.1, 0.15) is 6.42 Å². The first-order chi connectivity index (χ1) is 4.75. The summed E-state index contributed by atoms with van der Waals surface area (Å²) in [4.78, 5) is 20.6. The van der Waals surface area contributed by atoms with E-state index in [9.17, 15) is 9.59 Å². The number of rotatable bonds is 1. The first-order valence-corrected chi connectivity index (χ1v) is 3.02. The molecule has 0 saturated carbocycles. The highest BCUT2D eigenvalue weighted by atomic mass is 16.1. The molecular formula is C6H8N2O2. The van der Waals surface area contributed by atoms with Crippen LogP contribution in [-0.2, 0) is 9.59 Å². The Labute approximate surface area is 58.1 Å². The third kappa shape index (κ3) is 1.07. The second-order valence-corrected chi connectivity index (χ2v) is 2.17. The molecular weight excluding hydrogens is 132 g/mol. The van der Waals surface area contributed by atoms with Gasteiger partial charge in [0.1, 0.15) is 12.0 Å². The third-order valence-corrected chi connectivity index (χ3v) is 1.51. The van der Waals surface area contributed by atoms with Gasteiger partial charge in [-0.05, 0) is 6.42 Å². The molecule has 54 valence electrons. The fourth-order valence-electron chi connectivity index (χ4n) is 1.00. The van der Waals surface area contributed by atoms with E-state index in [2.05, 4.69) is 5.32 Å². The topological polar surface area (TPSA) is 72.2 Å². The predicted molar refractivity (Wildman–Crippen MR) is 34.8 cm³/mol. The van der Waals surface area contributed by atoms with Gasteiger partial charge in [0.2, 0.25) is 5.91 Å². The molecule has 1 aliphatic rings. The van der Waals surface area contributed by atoms with Crippen LogP contribution in [0, 0.1) is 0 Å². The van der Waals surface area contributed by atoms with Crippen LogP contribution in [0.2, 0.25) is 0 Å². The molecule has 0 aromatic heterocycles. The van der Waals surface area contributed by atoms with E-state index in [1.165, 1.54) is 0 Å². The third-order valence-electron chi connectivity index (χ3n) is 1.51. The highest BCUT2D eigenvalue weighted by Crippen LogP contribution is 2.09. The molecule has 1 fully saturated rings. The van der Waals surface area contributed by atoms with Gasteiger partial charge in [0.25, 0.3) is 0 Å². The van der Waals surface area contributed by atoms with Crippen molar-refractivity contribution in [3.05, 3.63) is 5.57 Å². The second-order valence-electron chi connectivity index (χ2n) is 2.17. The highest BCUT2D eigenvalue weighted by Gasteiger charge is 2.25. The van der Waals surface area contributed by atoms with Crippen molar-refractivity contribution in [1.29, 1.82) is 0 Å². The Hall–Kier alpha value is -1.12. The summed E-state index contributed by atoms with van der Waals surface area (Å²) < 4.78 is 0. The maximum atomic E-state index is 10.5. The zero-order chi connectivity index (χ0) is 7.56. The van der Waals surface area contributed by atoms with E-state index in [1.807, 2.05) is 0 Å². The molecule has 10 heavy (non-hydrogen) atoms. The van der Waals surface area contributed by atoms with Crippen molar-refractivity contribution < 1.29 is 9.59 Å². The monoisotopic (exact) mass is 140 g/mol. The minimum absolute atomic E-state index is 0.438. The molecule has 4 nitrogen and oxygen atoms in total. The van der Waals surface area contributed by atoms with Gasteiger partial charge in [-0.2, -0.15) is 0 Å². The van der Waals surface area contributed by atoms with E-state index >= 15 is 0 Å². The zero-order valence-corrected chi connectivity index (χ0v) is 5.39. The summed E-state index contributed by atoms with van der Waals surface area (Å²) in [7, 11) is 0. The fraction of sp³-hybridized carbons (Fsp3) is 0.500. The van der Waals surface area contributed by atoms with E-state index < -0.39 is 11.9 Å². The van der Waals surface area contributed by atoms with Crippen LogP contribution in [0.15, 0.2) is 5.57 Å². The van der Waals surface area contributed by atoms with Gasteiger partial charge >= 0.3 is 0 Å². The lowest BCUT2D eigenvalue weighted by Gasteiger charge is -2.02. The smallest absolute Gasteiger partial charge is 0.239 e. The minimum Gasteiger partial charge on any atom is -0.368 e. The van der Waals surface area contributed by atoms with E-state index in [0.29, 0.717) is 18.5 Å². The van der Waals surface area contributed by atoms with Crippen molar-refractivity contribution in [1.82, 2.24) is 5.32 Å². The van der Waals surface area contributed by atoms with Gasteiger partial charge in [-0.15, -0.1) is 0 Å². The van der Waals surface area contributed by atoms with Gasteiger partial charge in [-0.3, -0.25) is 4.79 Å². The molecule has 0 aliphatic carbocycles. The molecule has 0 aromatic rings. The van der Waals surface area contributed by atoms with Gasteiger partial charge in [-0.25, -0.2) is 4.79 Å². The Morgan fingerprint density at radius 2 is 2.50 bits per heavy atom. The first-order valence-electron chi connectivity index (χ1n) is 3.02. The number of hydrogen-bond donors (Lipinski definition) is 2. The number of carbonyl (C=O) groups excluding carboxylic acids is 2. The van der Waals surface area contributed by atoms with Crippen LogP contribution in [0.3, 0.4) is 0 Å². The lowest BCUT2D eigenvalue weighted by Crippen LogP contribution is -2.37. The molecule has 1 rings (SSSR count). The Balaban J connectivity index is 2.78. The van der Waals surface area contributed by atoms with Crippen molar-refractivity contribution >= 4 is 11.8 Å². The van der Waals surface area contributed by atoms with Crippen molar-refractivity contribution in [2.75, 3.05) is 6.54 Å². The van der Waals surface area contributed by atoms with Gasteiger partial charge in [0.05, 0.1) is 0 Å².